The molecule has 0 bridgehead atoms. The van der Waals surface area contributed by atoms with Crippen molar-refractivity contribution >= 4 is 45.1 Å². The van der Waals surface area contributed by atoms with Gasteiger partial charge >= 0.3 is 0 Å². The number of benzene rings is 2. The Labute approximate surface area is 146 Å². The largest absolute Gasteiger partial charge is 0.325 e. The van der Waals surface area contributed by atoms with Crippen LogP contribution in [0, 0.1) is 12.7 Å². The summed E-state index contributed by atoms with van der Waals surface area (Å²) in [6.45, 7) is 3.28. The second-order valence-electron chi connectivity index (χ2n) is 5.00. The molecule has 1 N–H and O–H groups in total. The van der Waals surface area contributed by atoms with Crippen LogP contribution in [-0.4, -0.2) is 17.4 Å². The fourth-order valence-corrected chi connectivity index (χ4v) is 3.13. The van der Waals surface area contributed by atoms with Gasteiger partial charge in [0.2, 0.25) is 5.91 Å². The van der Waals surface area contributed by atoms with Crippen molar-refractivity contribution in [2.45, 2.75) is 18.7 Å². The third kappa shape index (κ3) is 4.91. The van der Waals surface area contributed by atoms with E-state index in [1.807, 2.05) is 25.1 Å². The number of rotatable bonds is 5. The molecule has 3 nitrogen and oxygen atoms in total. The summed E-state index contributed by atoms with van der Waals surface area (Å²) in [5, 5.41) is 2.80. The molecule has 0 atom stereocenters. The Morgan fingerprint density at radius 2 is 1.96 bits per heavy atom. The highest BCUT2D eigenvalue weighted by molar-refractivity contribution is 9.10. The van der Waals surface area contributed by atoms with Crippen molar-refractivity contribution in [2.75, 3.05) is 11.1 Å². The van der Waals surface area contributed by atoms with Gasteiger partial charge in [-0.15, -0.1) is 11.8 Å². The zero-order chi connectivity index (χ0) is 17.0. The molecule has 23 heavy (non-hydrogen) atoms. The van der Waals surface area contributed by atoms with Gasteiger partial charge in [-0.05, 0) is 49.7 Å². The molecule has 2 aromatic rings. The molecule has 0 aliphatic rings. The molecule has 0 fully saturated rings. The molecular formula is C17H15BrFNO2S. The van der Waals surface area contributed by atoms with Gasteiger partial charge in [0.25, 0.3) is 0 Å². The summed E-state index contributed by atoms with van der Waals surface area (Å²) >= 11 is 4.46. The highest BCUT2D eigenvalue weighted by Crippen LogP contribution is 2.24. The lowest BCUT2D eigenvalue weighted by atomic mass is 10.1. The van der Waals surface area contributed by atoms with Crippen LogP contribution >= 0.6 is 27.7 Å². The maximum Gasteiger partial charge on any atom is 0.234 e. The van der Waals surface area contributed by atoms with E-state index in [1.165, 1.54) is 19.1 Å². The minimum absolute atomic E-state index is 0.0891. The summed E-state index contributed by atoms with van der Waals surface area (Å²) in [6.07, 6.45) is 0. The van der Waals surface area contributed by atoms with Crippen molar-refractivity contribution in [3.05, 3.63) is 57.8 Å². The Morgan fingerprint density at radius 3 is 2.57 bits per heavy atom. The third-order valence-electron chi connectivity index (χ3n) is 3.16. The average Bonchev–Trinajstić information content (AvgIpc) is 2.48. The van der Waals surface area contributed by atoms with Gasteiger partial charge in [0.1, 0.15) is 5.82 Å². The van der Waals surface area contributed by atoms with E-state index in [4.69, 9.17) is 0 Å². The third-order valence-corrected chi connectivity index (χ3v) is 4.70. The Hall–Kier alpha value is -1.66. The fraction of sp³-hybridized carbons (Fsp3) is 0.176. The van der Waals surface area contributed by atoms with E-state index in [0.717, 1.165) is 27.5 Å². The highest BCUT2D eigenvalue weighted by Gasteiger charge is 2.10. The van der Waals surface area contributed by atoms with Crippen LogP contribution in [0.2, 0.25) is 0 Å². The Kier molecular flexibility index (Phi) is 5.96. The van der Waals surface area contributed by atoms with Gasteiger partial charge in [-0.1, -0.05) is 22.0 Å². The van der Waals surface area contributed by atoms with Crippen molar-refractivity contribution in [3.8, 4) is 0 Å². The number of carbonyl (C=O) groups excluding carboxylic acids is 2. The van der Waals surface area contributed by atoms with Gasteiger partial charge < -0.3 is 5.32 Å². The first kappa shape index (κ1) is 17.7. The molecular weight excluding hydrogens is 381 g/mol. The first-order valence-electron chi connectivity index (χ1n) is 6.86. The molecule has 6 heteroatoms. The summed E-state index contributed by atoms with van der Waals surface area (Å²) in [7, 11) is 0. The number of hydrogen-bond donors (Lipinski definition) is 1. The molecule has 0 saturated carbocycles. The van der Waals surface area contributed by atoms with Crippen molar-refractivity contribution in [1.29, 1.82) is 0 Å². The Balaban J connectivity index is 1.98. The van der Waals surface area contributed by atoms with Crippen molar-refractivity contribution in [2.24, 2.45) is 0 Å². The van der Waals surface area contributed by atoms with Crippen LogP contribution in [0.3, 0.4) is 0 Å². The molecule has 0 aliphatic carbocycles. The summed E-state index contributed by atoms with van der Waals surface area (Å²) in [5.74, 6) is -0.805. The maximum atomic E-state index is 13.9. The molecule has 0 unspecified atom stereocenters. The maximum absolute atomic E-state index is 13.9. The van der Waals surface area contributed by atoms with E-state index < -0.39 is 5.82 Å². The minimum Gasteiger partial charge on any atom is -0.325 e. The van der Waals surface area contributed by atoms with Crippen LogP contribution < -0.4 is 5.32 Å². The number of anilines is 1. The lowest BCUT2D eigenvalue weighted by Crippen LogP contribution is -2.14. The monoisotopic (exact) mass is 395 g/mol. The van der Waals surface area contributed by atoms with Crippen LogP contribution in [0.25, 0.3) is 0 Å². The summed E-state index contributed by atoms with van der Waals surface area (Å²) < 4.78 is 14.8. The second-order valence-corrected chi connectivity index (χ2v) is 6.93. The first-order valence-corrected chi connectivity index (χ1v) is 8.64. The van der Waals surface area contributed by atoms with E-state index in [9.17, 15) is 14.0 Å². The highest BCUT2D eigenvalue weighted by atomic mass is 79.9. The predicted molar refractivity (Wildman–Crippen MR) is 94.6 cm³/mol. The lowest BCUT2D eigenvalue weighted by molar-refractivity contribution is -0.113. The second kappa shape index (κ2) is 7.75. The van der Waals surface area contributed by atoms with Gasteiger partial charge in [0.15, 0.2) is 5.78 Å². The lowest BCUT2D eigenvalue weighted by Gasteiger charge is -2.09. The predicted octanol–water partition coefficient (Wildman–Crippen LogP) is 4.83. The van der Waals surface area contributed by atoms with Gasteiger partial charge in [-0.3, -0.25) is 9.59 Å². The Morgan fingerprint density at radius 1 is 1.22 bits per heavy atom. The van der Waals surface area contributed by atoms with Crippen molar-refractivity contribution in [1.82, 2.24) is 0 Å². The van der Waals surface area contributed by atoms with Gasteiger partial charge in [-0.2, -0.15) is 0 Å². The topological polar surface area (TPSA) is 46.2 Å². The molecule has 0 spiro atoms. The average molecular weight is 396 g/mol. The van der Waals surface area contributed by atoms with E-state index in [2.05, 4.69) is 21.2 Å². The number of aryl methyl sites for hydroxylation is 1. The van der Waals surface area contributed by atoms with Crippen molar-refractivity contribution in [3.63, 3.8) is 0 Å². The summed E-state index contributed by atoms with van der Waals surface area (Å²) in [5.41, 5.74) is 1.99. The molecule has 120 valence electrons. The van der Waals surface area contributed by atoms with E-state index in [1.54, 1.807) is 6.07 Å². The van der Waals surface area contributed by atoms with E-state index in [0.29, 0.717) is 10.5 Å². The standard InChI is InChI=1S/C17H15BrFNO2S/c1-10-7-13(18)4-5-15(10)20-17(22)9-23-16-6-3-12(11(2)21)8-14(16)19/h3-8H,9H2,1-2H3,(H,20,22). The number of amides is 1. The van der Waals surface area contributed by atoms with Gasteiger partial charge in [0.05, 0.1) is 5.75 Å². The first-order chi connectivity index (χ1) is 10.9. The molecule has 0 heterocycles. The number of thioether (sulfide) groups is 1. The number of ketones is 1. The molecule has 0 saturated heterocycles. The number of hydrogen-bond acceptors (Lipinski definition) is 3. The Bertz CT molecular complexity index is 764. The molecule has 2 aromatic carbocycles. The van der Waals surface area contributed by atoms with Crippen LogP contribution in [0.4, 0.5) is 10.1 Å². The minimum atomic E-state index is -0.490. The van der Waals surface area contributed by atoms with E-state index >= 15 is 0 Å². The zero-order valence-corrected chi connectivity index (χ0v) is 15.1. The fourth-order valence-electron chi connectivity index (χ4n) is 1.93. The molecule has 1 amide bonds. The summed E-state index contributed by atoms with van der Waals surface area (Å²) in [4.78, 5) is 23.5. The number of Topliss-reactive ketones (excluding diaryl/α,β-unsaturated/α-hetero) is 1. The van der Waals surface area contributed by atoms with Crippen LogP contribution in [-0.2, 0) is 4.79 Å². The van der Waals surface area contributed by atoms with Crippen LogP contribution in [0.15, 0.2) is 45.8 Å². The normalized spacial score (nSPS) is 10.4. The molecule has 2 rings (SSSR count). The molecule has 0 aliphatic heterocycles. The molecule has 0 radical (unpaired) electrons. The zero-order valence-electron chi connectivity index (χ0n) is 12.7. The van der Waals surface area contributed by atoms with Gasteiger partial charge in [0, 0.05) is 20.6 Å². The van der Waals surface area contributed by atoms with Crippen LogP contribution in [0.1, 0.15) is 22.8 Å². The number of halogens is 2. The summed E-state index contributed by atoms with van der Waals surface area (Å²) in [6, 6.07) is 9.84. The van der Waals surface area contributed by atoms with Gasteiger partial charge in [-0.25, -0.2) is 4.39 Å². The smallest absolute Gasteiger partial charge is 0.234 e. The quantitative estimate of drug-likeness (QED) is 0.582. The number of nitrogens with one attached hydrogen (secondary N) is 1. The molecule has 0 aromatic heterocycles. The number of carbonyl (C=O) groups is 2. The SMILES string of the molecule is CC(=O)c1ccc(SCC(=O)Nc2ccc(Br)cc2C)c(F)c1. The van der Waals surface area contributed by atoms with E-state index in [-0.39, 0.29) is 17.4 Å². The van der Waals surface area contributed by atoms with Crippen molar-refractivity contribution < 1.29 is 14.0 Å². The van der Waals surface area contributed by atoms with Crippen LogP contribution in [0.5, 0.6) is 0 Å².